The molecule has 0 radical (unpaired) electrons. The molecule has 3 nitrogen and oxygen atoms in total. The Labute approximate surface area is 135 Å². The number of aliphatic hydroxyl groups is 1. The molecule has 0 aliphatic carbocycles. The summed E-state index contributed by atoms with van der Waals surface area (Å²) >= 11 is 0. The van der Waals surface area contributed by atoms with Gasteiger partial charge in [0.1, 0.15) is 5.75 Å². The molecule has 1 saturated heterocycles. The first kappa shape index (κ1) is 17.3. The highest BCUT2D eigenvalue weighted by Crippen LogP contribution is 2.15. The van der Waals surface area contributed by atoms with Crippen molar-refractivity contribution in [2.75, 3.05) is 26.2 Å². The van der Waals surface area contributed by atoms with E-state index in [4.69, 9.17) is 4.74 Å². The molecule has 1 aromatic rings. The highest BCUT2D eigenvalue weighted by molar-refractivity contribution is 5.27. The van der Waals surface area contributed by atoms with Crippen molar-refractivity contribution in [1.82, 2.24) is 4.90 Å². The van der Waals surface area contributed by atoms with Crippen LogP contribution < -0.4 is 4.74 Å². The molecule has 1 aliphatic heterocycles. The van der Waals surface area contributed by atoms with E-state index in [1.54, 1.807) is 0 Å². The zero-order valence-corrected chi connectivity index (χ0v) is 14.0. The van der Waals surface area contributed by atoms with Crippen molar-refractivity contribution in [3.63, 3.8) is 0 Å². The van der Waals surface area contributed by atoms with E-state index >= 15 is 0 Å². The van der Waals surface area contributed by atoms with E-state index in [-0.39, 0.29) is 6.10 Å². The summed E-state index contributed by atoms with van der Waals surface area (Å²) in [5.41, 5.74) is 1.19. The molecule has 1 aliphatic rings. The summed E-state index contributed by atoms with van der Waals surface area (Å²) in [6.07, 6.45) is 7.94. The molecule has 3 heteroatoms. The Morgan fingerprint density at radius 2 is 1.82 bits per heavy atom. The van der Waals surface area contributed by atoms with Gasteiger partial charge >= 0.3 is 0 Å². The predicted molar refractivity (Wildman–Crippen MR) is 91.5 cm³/mol. The number of ether oxygens (including phenoxy) is 1. The highest BCUT2D eigenvalue weighted by atomic mass is 16.5. The van der Waals surface area contributed by atoms with Crippen LogP contribution in [0.1, 0.15) is 51.0 Å². The van der Waals surface area contributed by atoms with Crippen molar-refractivity contribution in [3.8, 4) is 5.75 Å². The lowest BCUT2D eigenvalue weighted by atomic mass is 10.1. The first-order chi connectivity index (χ1) is 10.8. The van der Waals surface area contributed by atoms with Crippen LogP contribution >= 0.6 is 0 Å². The Kier molecular flexibility index (Phi) is 7.75. The maximum absolute atomic E-state index is 10.2. The van der Waals surface area contributed by atoms with E-state index in [0.717, 1.165) is 44.8 Å². The fourth-order valence-corrected chi connectivity index (χ4v) is 3.04. The lowest BCUT2D eigenvalue weighted by Gasteiger charge is -2.19. The second-order valence-corrected chi connectivity index (χ2v) is 6.42. The first-order valence-electron chi connectivity index (χ1n) is 8.90. The molecule has 2 rings (SSSR count). The number of nitrogens with zero attached hydrogens (tertiary/aromatic N) is 1. The molecule has 1 aromatic carbocycles. The number of β-amino-alcohol motifs (C(OH)–C–C–N with tert-alkyl or cyclic N) is 1. The topological polar surface area (TPSA) is 32.7 Å². The number of likely N-dealkylation sites (tertiary alicyclic amines) is 1. The first-order valence-corrected chi connectivity index (χ1v) is 8.90. The lowest BCUT2D eigenvalue weighted by Crippen LogP contribution is -2.31. The Morgan fingerprint density at radius 3 is 2.50 bits per heavy atom. The molecule has 1 atom stereocenters. The maximum atomic E-state index is 10.2. The SMILES string of the molecule is CCCCCCOc1ccc(CC(O)CN2CCCC2)cc1. The van der Waals surface area contributed by atoms with Crippen molar-refractivity contribution in [2.24, 2.45) is 0 Å². The standard InChI is InChI=1S/C19H31NO2/c1-2-3-4-7-14-22-19-10-8-17(9-11-19)15-18(21)16-20-12-5-6-13-20/h8-11,18,21H,2-7,12-16H2,1H3. The van der Waals surface area contributed by atoms with Crippen molar-refractivity contribution in [2.45, 2.75) is 58.0 Å². The Morgan fingerprint density at radius 1 is 1.09 bits per heavy atom. The van der Waals surface area contributed by atoms with Crippen LogP contribution in [-0.4, -0.2) is 42.4 Å². The van der Waals surface area contributed by atoms with Crippen LogP contribution in [0.15, 0.2) is 24.3 Å². The zero-order valence-electron chi connectivity index (χ0n) is 14.0. The molecule has 0 amide bonds. The third-order valence-electron chi connectivity index (χ3n) is 4.33. The van der Waals surface area contributed by atoms with Gasteiger partial charge in [-0.05, 0) is 56.5 Å². The van der Waals surface area contributed by atoms with Crippen LogP contribution in [0, 0.1) is 0 Å². The summed E-state index contributed by atoms with van der Waals surface area (Å²) in [6.45, 7) is 6.11. The Hall–Kier alpha value is -1.06. The van der Waals surface area contributed by atoms with Crippen LogP contribution in [0.2, 0.25) is 0 Å². The summed E-state index contributed by atoms with van der Waals surface area (Å²) in [5.74, 6) is 0.939. The minimum Gasteiger partial charge on any atom is -0.494 e. The number of unbranched alkanes of at least 4 members (excludes halogenated alkanes) is 3. The third-order valence-corrected chi connectivity index (χ3v) is 4.33. The smallest absolute Gasteiger partial charge is 0.119 e. The molecule has 0 bridgehead atoms. The van der Waals surface area contributed by atoms with Crippen molar-refractivity contribution in [3.05, 3.63) is 29.8 Å². The summed E-state index contributed by atoms with van der Waals surface area (Å²) in [5, 5.41) is 10.2. The predicted octanol–water partition coefficient (Wildman–Crippen LogP) is 3.64. The fourth-order valence-electron chi connectivity index (χ4n) is 3.04. The van der Waals surface area contributed by atoms with Crippen LogP contribution in [0.4, 0.5) is 0 Å². The minimum atomic E-state index is -0.265. The number of rotatable bonds is 10. The molecule has 22 heavy (non-hydrogen) atoms. The maximum Gasteiger partial charge on any atom is 0.119 e. The molecule has 124 valence electrons. The molecule has 1 fully saturated rings. The third kappa shape index (κ3) is 6.37. The van der Waals surface area contributed by atoms with Gasteiger partial charge in [-0.3, -0.25) is 0 Å². The van der Waals surface area contributed by atoms with Gasteiger partial charge < -0.3 is 14.7 Å². The van der Waals surface area contributed by atoms with Gasteiger partial charge in [0.25, 0.3) is 0 Å². The summed E-state index contributed by atoms with van der Waals surface area (Å²) in [7, 11) is 0. The molecule has 1 unspecified atom stereocenters. The van der Waals surface area contributed by atoms with Crippen LogP contribution in [-0.2, 0) is 6.42 Å². The molecule has 0 spiro atoms. The molecular weight excluding hydrogens is 274 g/mol. The minimum absolute atomic E-state index is 0.265. The summed E-state index contributed by atoms with van der Waals surface area (Å²) < 4.78 is 5.75. The Bertz CT molecular complexity index is 398. The number of hydrogen-bond donors (Lipinski definition) is 1. The number of hydrogen-bond acceptors (Lipinski definition) is 3. The van der Waals surface area contributed by atoms with Crippen LogP contribution in [0.3, 0.4) is 0 Å². The van der Waals surface area contributed by atoms with E-state index in [0.29, 0.717) is 0 Å². The van der Waals surface area contributed by atoms with Crippen LogP contribution in [0.5, 0.6) is 5.75 Å². The van der Waals surface area contributed by atoms with Crippen LogP contribution in [0.25, 0.3) is 0 Å². The van der Waals surface area contributed by atoms with E-state index in [2.05, 4.69) is 24.0 Å². The molecule has 1 N–H and O–H groups in total. The quantitative estimate of drug-likeness (QED) is 0.670. The van der Waals surface area contributed by atoms with Gasteiger partial charge in [0, 0.05) is 6.54 Å². The average molecular weight is 305 g/mol. The largest absolute Gasteiger partial charge is 0.494 e. The van der Waals surface area contributed by atoms with E-state index in [1.165, 1.54) is 37.7 Å². The highest BCUT2D eigenvalue weighted by Gasteiger charge is 2.15. The molecule has 0 aromatic heterocycles. The van der Waals surface area contributed by atoms with Crippen molar-refractivity contribution < 1.29 is 9.84 Å². The molecule has 1 heterocycles. The molecular formula is C19H31NO2. The fraction of sp³-hybridized carbons (Fsp3) is 0.684. The van der Waals surface area contributed by atoms with Gasteiger partial charge in [-0.15, -0.1) is 0 Å². The lowest BCUT2D eigenvalue weighted by molar-refractivity contribution is 0.125. The summed E-state index contributed by atoms with van der Waals surface area (Å²) in [6, 6.07) is 8.21. The second-order valence-electron chi connectivity index (χ2n) is 6.42. The average Bonchev–Trinajstić information content (AvgIpc) is 3.01. The van der Waals surface area contributed by atoms with E-state index in [9.17, 15) is 5.11 Å². The molecule has 0 saturated carbocycles. The van der Waals surface area contributed by atoms with Gasteiger partial charge in [0.05, 0.1) is 12.7 Å². The monoisotopic (exact) mass is 305 g/mol. The van der Waals surface area contributed by atoms with Gasteiger partial charge in [0.15, 0.2) is 0 Å². The van der Waals surface area contributed by atoms with Gasteiger partial charge in [-0.1, -0.05) is 38.3 Å². The zero-order chi connectivity index (χ0) is 15.6. The van der Waals surface area contributed by atoms with Gasteiger partial charge in [0.2, 0.25) is 0 Å². The van der Waals surface area contributed by atoms with Gasteiger partial charge in [-0.25, -0.2) is 0 Å². The van der Waals surface area contributed by atoms with Crippen molar-refractivity contribution >= 4 is 0 Å². The van der Waals surface area contributed by atoms with Gasteiger partial charge in [-0.2, -0.15) is 0 Å². The van der Waals surface area contributed by atoms with E-state index < -0.39 is 0 Å². The number of aliphatic hydroxyl groups excluding tert-OH is 1. The Balaban J connectivity index is 1.67. The normalized spacial score (nSPS) is 16.8. The second kappa shape index (κ2) is 9.86. The summed E-state index contributed by atoms with van der Waals surface area (Å²) in [4.78, 5) is 2.36. The van der Waals surface area contributed by atoms with Crippen molar-refractivity contribution in [1.29, 1.82) is 0 Å². The number of benzene rings is 1. The van der Waals surface area contributed by atoms with E-state index in [1.807, 2.05) is 12.1 Å².